The van der Waals surface area contributed by atoms with Crippen LogP contribution in [0.5, 0.6) is 0 Å². The molecule has 3 heterocycles. The molecular weight excluding hydrogens is 382 g/mol. The van der Waals surface area contributed by atoms with Gasteiger partial charge >= 0.3 is 0 Å². The molecular formula is C22H27N5OS. The SMILES string of the molecule is Cc1ccc2c(N)c(C(=O)NCCc3ccc(N4CCNCC4)c(C)c3)sc2n1. The summed E-state index contributed by atoms with van der Waals surface area (Å²) in [6, 6.07) is 10.4. The van der Waals surface area contributed by atoms with Gasteiger partial charge in [-0.05, 0) is 49.6 Å². The summed E-state index contributed by atoms with van der Waals surface area (Å²) in [5, 5.41) is 7.25. The van der Waals surface area contributed by atoms with Crippen LogP contribution in [0.2, 0.25) is 0 Å². The van der Waals surface area contributed by atoms with Crippen molar-refractivity contribution in [3.63, 3.8) is 0 Å². The number of aromatic nitrogens is 1. The lowest BCUT2D eigenvalue weighted by Crippen LogP contribution is -2.43. The minimum absolute atomic E-state index is 0.127. The lowest BCUT2D eigenvalue weighted by atomic mass is 10.1. The number of nitrogens with two attached hydrogens (primary N) is 1. The number of hydrogen-bond acceptors (Lipinski definition) is 6. The fourth-order valence-corrected chi connectivity index (χ4v) is 4.85. The zero-order valence-corrected chi connectivity index (χ0v) is 17.7. The number of nitrogen functional groups attached to an aromatic ring is 1. The highest BCUT2D eigenvalue weighted by Gasteiger charge is 2.17. The molecule has 1 saturated heterocycles. The normalized spacial score (nSPS) is 14.3. The standard InChI is InChI=1S/C22H27N5OS/c1-14-13-16(4-6-18(14)27-11-9-24-10-12-27)7-8-25-21(28)20-19(23)17-5-3-15(2)26-22(17)29-20/h3-6,13,24H,7-12,23H2,1-2H3,(H,25,28). The molecule has 0 aliphatic carbocycles. The molecule has 0 bridgehead atoms. The van der Waals surface area contributed by atoms with Gasteiger partial charge in [-0.2, -0.15) is 0 Å². The summed E-state index contributed by atoms with van der Waals surface area (Å²) in [5.74, 6) is -0.127. The monoisotopic (exact) mass is 409 g/mol. The maximum atomic E-state index is 12.6. The van der Waals surface area contributed by atoms with E-state index in [0.717, 1.165) is 48.5 Å². The van der Waals surface area contributed by atoms with Crippen molar-refractivity contribution in [2.45, 2.75) is 20.3 Å². The number of fused-ring (bicyclic) bond motifs is 1. The molecule has 1 fully saturated rings. The second-order valence-corrected chi connectivity index (χ2v) is 8.51. The lowest BCUT2D eigenvalue weighted by Gasteiger charge is -2.31. The van der Waals surface area contributed by atoms with Crippen LogP contribution in [0.1, 0.15) is 26.5 Å². The van der Waals surface area contributed by atoms with E-state index < -0.39 is 0 Å². The van der Waals surface area contributed by atoms with Crippen molar-refractivity contribution >= 4 is 38.8 Å². The number of aryl methyl sites for hydroxylation is 2. The molecule has 3 aromatic rings. The van der Waals surface area contributed by atoms with Crippen LogP contribution in [0.4, 0.5) is 11.4 Å². The van der Waals surface area contributed by atoms with Gasteiger partial charge in [-0.25, -0.2) is 4.98 Å². The Morgan fingerprint density at radius 3 is 2.79 bits per heavy atom. The third kappa shape index (κ3) is 4.21. The quantitative estimate of drug-likeness (QED) is 0.604. The fourth-order valence-electron chi connectivity index (χ4n) is 3.79. The Labute approximate surface area is 175 Å². The van der Waals surface area contributed by atoms with E-state index >= 15 is 0 Å². The number of rotatable bonds is 5. The first-order chi connectivity index (χ1) is 14.0. The van der Waals surface area contributed by atoms with Gasteiger partial charge in [0.2, 0.25) is 0 Å². The zero-order chi connectivity index (χ0) is 20.4. The molecule has 1 aromatic carbocycles. The predicted octanol–water partition coefficient (Wildman–Crippen LogP) is 2.88. The lowest BCUT2D eigenvalue weighted by molar-refractivity contribution is 0.0959. The summed E-state index contributed by atoms with van der Waals surface area (Å²) in [6.45, 7) is 8.82. The van der Waals surface area contributed by atoms with Crippen molar-refractivity contribution in [1.29, 1.82) is 0 Å². The molecule has 4 rings (SSSR count). The molecule has 152 valence electrons. The zero-order valence-electron chi connectivity index (χ0n) is 16.9. The van der Waals surface area contributed by atoms with Gasteiger partial charge in [0.15, 0.2) is 0 Å². The topological polar surface area (TPSA) is 83.3 Å². The van der Waals surface area contributed by atoms with Gasteiger partial charge in [0.1, 0.15) is 9.71 Å². The van der Waals surface area contributed by atoms with Gasteiger partial charge in [-0.15, -0.1) is 11.3 Å². The largest absolute Gasteiger partial charge is 0.397 e. The minimum atomic E-state index is -0.127. The maximum Gasteiger partial charge on any atom is 0.263 e. The number of anilines is 2. The molecule has 29 heavy (non-hydrogen) atoms. The summed E-state index contributed by atoms with van der Waals surface area (Å²) >= 11 is 1.35. The van der Waals surface area contributed by atoms with Crippen LogP contribution in [0.3, 0.4) is 0 Å². The highest BCUT2D eigenvalue weighted by Crippen LogP contribution is 2.32. The van der Waals surface area contributed by atoms with Crippen molar-refractivity contribution in [2.75, 3.05) is 43.4 Å². The fraction of sp³-hybridized carbons (Fsp3) is 0.364. The number of thiophene rings is 1. The van der Waals surface area contributed by atoms with Gasteiger partial charge in [-0.1, -0.05) is 12.1 Å². The first-order valence-corrected chi connectivity index (χ1v) is 10.8. The van der Waals surface area contributed by atoms with Gasteiger partial charge in [0, 0.05) is 49.5 Å². The third-order valence-electron chi connectivity index (χ3n) is 5.36. The molecule has 4 N–H and O–H groups in total. The number of carbonyl (C=O) groups is 1. The van der Waals surface area contributed by atoms with Crippen LogP contribution in [0.15, 0.2) is 30.3 Å². The number of hydrogen-bond donors (Lipinski definition) is 3. The third-order valence-corrected chi connectivity index (χ3v) is 6.47. The Morgan fingerprint density at radius 2 is 2.03 bits per heavy atom. The van der Waals surface area contributed by atoms with E-state index in [0.29, 0.717) is 17.1 Å². The minimum Gasteiger partial charge on any atom is -0.397 e. The van der Waals surface area contributed by atoms with E-state index in [-0.39, 0.29) is 5.91 Å². The number of nitrogens with zero attached hydrogens (tertiary/aromatic N) is 2. The van der Waals surface area contributed by atoms with Crippen molar-refractivity contribution in [1.82, 2.24) is 15.6 Å². The number of nitrogens with one attached hydrogen (secondary N) is 2. The molecule has 0 spiro atoms. The maximum absolute atomic E-state index is 12.6. The molecule has 0 unspecified atom stereocenters. The van der Waals surface area contributed by atoms with Crippen LogP contribution in [0.25, 0.3) is 10.2 Å². The van der Waals surface area contributed by atoms with E-state index in [1.54, 1.807) is 0 Å². The molecule has 1 aliphatic heterocycles. The van der Waals surface area contributed by atoms with E-state index in [1.165, 1.54) is 28.2 Å². The molecule has 0 radical (unpaired) electrons. The Hall–Kier alpha value is -2.64. The number of piperazine rings is 1. The summed E-state index contributed by atoms with van der Waals surface area (Å²) in [6.07, 6.45) is 0.788. The van der Waals surface area contributed by atoms with E-state index in [2.05, 4.69) is 45.6 Å². The Kier molecular flexibility index (Phi) is 5.69. The second kappa shape index (κ2) is 8.39. The van der Waals surface area contributed by atoms with Crippen molar-refractivity contribution in [3.05, 3.63) is 52.0 Å². The average molecular weight is 410 g/mol. The van der Waals surface area contributed by atoms with Crippen LogP contribution >= 0.6 is 11.3 Å². The highest BCUT2D eigenvalue weighted by molar-refractivity contribution is 7.21. The molecule has 2 aromatic heterocycles. The average Bonchev–Trinajstić information content (AvgIpc) is 3.04. The van der Waals surface area contributed by atoms with Crippen LogP contribution < -0.4 is 21.3 Å². The Balaban J connectivity index is 1.38. The van der Waals surface area contributed by atoms with Crippen molar-refractivity contribution in [3.8, 4) is 0 Å². The summed E-state index contributed by atoms with van der Waals surface area (Å²) in [4.78, 5) is 20.9. The molecule has 7 heteroatoms. The van der Waals surface area contributed by atoms with E-state index in [1.807, 2.05) is 19.1 Å². The number of benzene rings is 1. The number of carbonyl (C=O) groups excluding carboxylic acids is 1. The molecule has 6 nitrogen and oxygen atoms in total. The molecule has 1 amide bonds. The summed E-state index contributed by atoms with van der Waals surface area (Å²) in [5.41, 5.74) is 11.4. The smallest absolute Gasteiger partial charge is 0.263 e. The summed E-state index contributed by atoms with van der Waals surface area (Å²) in [7, 11) is 0. The first-order valence-electron chi connectivity index (χ1n) is 10.0. The Bertz CT molecular complexity index is 1040. The molecule has 0 atom stereocenters. The van der Waals surface area contributed by atoms with Crippen molar-refractivity contribution in [2.24, 2.45) is 0 Å². The molecule has 1 aliphatic rings. The molecule has 0 saturated carbocycles. The predicted molar refractivity (Wildman–Crippen MR) is 121 cm³/mol. The Morgan fingerprint density at radius 1 is 1.24 bits per heavy atom. The highest BCUT2D eigenvalue weighted by atomic mass is 32.1. The first kappa shape index (κ1) is 19.7. The van der Waals surface area contributed by atoms with Crippen molar-refractivity contribution < 1.29 is 4.79 Å². The number of amides is 1. The van der Waals surface area contributed by atoms with Crippen LogP contribution in [-0.4, -0.2) is 43.6 Å². The van der Waals surface area contributed by atoms with Gasteiger partial charge in [0.25, 0.3) is 5.91 Å². The summed E-state index contributed by atoms with van der Waals surface area (Å²) < 4.78 is 0. The van der Waals surface area contributed by atoms with E-state index in [4.69, 9.17) is 5.73 Å². The van der Waals surface area contributed by atoms with Gasteiger partial charge in [0.05, 0.1) is 5.69 Å². The van der Waals surface area contributed by atoms with Crippen LogP contribution in [-0.2, 0) is 6.42 Å². The van der Waals surface area contributed by atoms with E-state index in [9.17, 15) is 4.79 Å². The van der Waals surface area contributed by atoms with Gasteiger partial charge < -0.3 is 21.3 Å². The van der Waals surface area contributed by atoms with Crippen LogP contribution in [0, 0.1) is 13.8 Å². The number of pyridine rings is 1. The second-order valence-electron chi connectivity index (χ2n) is 7.51. The van der Waals surface area contributed by atoms with Gasteiger partial charge in [-0.3, -0.25) is 4.79 Å².